The first-order valence-corrected chi connectivity index (χ1v) is 9.93. The summed E-state index contributed by atoms with van der Waals surface area (Å²) in [7, 11) is 1.55. The number of carbonyl (C=O) groups is 1. The van der Waals surface area contributed by atoms with Crippen molar-refractivity contribution < 1.29 is 13.9 Å². The lowest BCUT2D eigenvalue weighted by Crippen LogP contribution is -2.14. The predicted octanol–water partition coefficient (Wildman–Crippen LogP) is 4.51. The number of nitrogens with two attached hydrogens (primary N) is 1. The van der Waals surface area contributed by atoms with Gasteiger partial charge in [-0.1, -0.05) is 23.7 Å². The number of ether oxygens (including phenoxy) is 1. The van der Waals surface area contributed by atoms with Crippen LogP contribution >= 0.6 is 11.6 Å². The molecule has 2 heterocycles. The van der Waals surface area contributed by atoms with Crippen molar-refractivity contribution in [1.29, 1.82) is 0 Å². The summed E-state index contributed by atoms with van der Waals surface area (Å²) in [6.07, 6.45) is 6.19. The van der Waals surface area contributed by atoms with Crippen molar-refractivity contribution in [2.45, 2.75) is 31.5 Å². The van der Waals surface area contributed by atoms with E-state index < -0.39 is 12.1 Å². The Morgan fingerprint density at radius 1 is 1.33 bits per heavy atom. The number of amides is 1. The molecule has 156 valence electrons. The summed E-state index contributed by atoms with van der Waals surface area (Å²) in [6, 6.07) is 6.83. The van der Waals surface area contributed by atoms with E-state index >= 15 is 0 Å². The average molecular weight is 430 g/mol. The highest BCUT2D eigenvalue weighted by molar-refractivity contribution is 6.29. The summed E-state index contributed by atoms with van der Waals surface area (Å²) in [5.74, 6) is -0.0842. The quantitative estimate of drug-likeness (QED) is 0.562. The first-order chi connectivity index (χ1) is 14.5. The van der Waals surface area contributed by atoms with Crippen LogP contribution in [0.1, 0.15) is 35.7 Å². The van der Waals surface area contributed by atoms with Crippen LogP contribution in [0.25, 0.3) is 11.1 Å². The van der Waals surface area contributed by atoms with Gasteiger partial charge >= 0.3 is 0 Å². The fourth-order valence-corrected chi connectivity index (χ4v) is 3.97. The SMILES string of the molecule is COc1c(Nc2cc(Cl)ncc2C(N)=O)cccc1-c1cnn([C@H]2CCC[C@@H]2F)c1. The van der Waals surface area contributed by atoms with Crippen molar-refractivity contribution in [3.8, 4) is 16.9 Å². The van der Waals surface area contributed by atoms with Crippen LogP contribution in [-0.4, -0.2) is 34.0 Å². The molecule has 1 aromatic carbocycles. The van der Waals surface area contributed by atoms with Crippen LogP contribution in [0.4, 0.5) is 15.8 Å². The molecule has 3 aromatic rings. The number of aromatic nitrogens is 3. The van der Waals surface area contributed by atoms with Gasteiger partial charge in [-0.2, -0.15) is 5.10 Å². The number of nitrogens with one attached hydrogen (secondary N) is 1. The van der Waals surface area contributed by atoms with Crippen molar-refractivity contribution in [1.82, 2.24) is 14.8 Å². The summed E-state index contributed by atoms with van der Waals surface area (Å²) in [5, 5.41) is 7.75. The van der Waals surface area contributed by atoms with E-state index in [2.05, 4.69) is 15.4 Å². The van der Waals surface area contributed by atoms with Crippen molar-refractivity contribution in [3.05, 3.63) is 53.6 Å². The molecule has 0 radical (unpaired) electrons. The second-order valence-corrected chi connectivity index (χ2v) is 7.54. The Kier molecular flexibility index (Phi) is 5.59. The number of alkyl halides is 1. The van der Waals surface area contributed by atoms with Gasteiger partial charge in [-0.25, -0.2) is 9.37 Å². The largest absolute Gasteiger partial charge is 0.494 e. The number of anilines is 2. The Bertz CT molecular complexity index is 1090. The molecule has 0 aliphatic heterocycles. The number of carbonyl (C=O) groups excluding carboxylic acids is 1. The van der Waals surface area contributed by atoms with Gasteiger partial charge in [0.05, 0.1) is 36.3 Å². The van der Waals surface area contributed by atoms with Gasteiger partial charge in [0, 0.05) is 23.5 Å². The maximum atomic E-state index is 14.1. The maximum Gasteiger partial charge on any atom is 0.252 e. The van der Waals surface area contributed by atoms with Crippen molar-refractivity contribution in [3.63, 3.8) is 0 Å². The molecule has 9 heteroatoms. The van der Waals surface area contributed by atoms with Crippen LogP contribution in [0.15, 0.2) is 42.9 Å². The zero-order valence-electron chi connectivity index (χ0n) is 16.3. The number of primary amides is 1. The van der Waals surface area contributed by atoms with E-state index in [-0.39, 0.29) is 16.8 Å². The molecule has 7 nitrogen and oxygen atoms in total. The minimum atomic E-state index is -0.878. The third-order valence-electron chi connectivity index (χ3n) is 5.27. The molecule has 1 aliphatic carbocycles. The van der Waals surface area contributed by atoms with Crippen LogP contribution in [-0.2, 0) is 0 Å². The molecule has 2 atom stereocenters. The molecule has 2 aromatic heterocycles. The van der Waals surface area contributed by atoms with Crippen LogP contribution in [0.5, 0.6) is 5.75 Å². The first kappa shape index (κ1) is 20.2. The van der Waals surface area contributed by atoms with Gasteiger partial charge in [-0.15, -0.1) is 0 Å². The number of hydrogen-bond acceptors (Lipinski definition) is 5. The highest BCUT2D eigenvalue weighted by Crippen LogP contribution is 2.39. The molecule has 4 rings (SSSR count). The van der Waals surface area contributed by atoms with Crippen molar-refractivity contribution >= 4 is 28.9 Å². The predicted molar refractivity (Wildman–Crippen MR) is 113 cm³/mol. The average Bonchev–Trinajstić information content (AvgIpc) is 3.36. The van der Waals surface area contributed by atoms with Gasteiger partial charge in [0.25, 0.3) is 5.91 Å². The normalized spacial score (nSPS) is 18.4. The minimum absolute atomic E-state index is 0.204. The van der Waals surface area contributed by atoms with Gasteiger partial charge < -0.3 is 15.8 Å². The second kappa shape index (κ2) is 8.31. The Labute approximate surface area is 178 Å². The van der Waals surface area contributed by atoms with Crippen molar-refractivity contribution in [2.24, 2.45) is 5.73 Å². The number of hydrogen-bond donors (Lipinski definition) is 2. The lowest BCUT2D eigenvalue weighted by Gasteiger charge is -2.16. The third kappa shape index (κ3) is 3.82. The van der Waals surface area contributed by atoms with E-state index in [4.69, 9.17) is 22.1 Å². The molecule has 0 saturated heterocycles. The summed E-state index contributed by atoms with van der Waals surface area (Å²) in [5.41, 5.74) is 8.26. The van der Waals surface area contributed by atoms with Gasteiger partial charge in [-0.05, 0) is 31.4 Å². The van der Waals surface area contributed by atoms with E-state index in [1.165, 1.54) is 12.3 Å². The van der Waals surface area contributed by atoms with E-state index in [0.29, 0.717) is 23.5 Å². The van der Waals surface area contributed by atoms with Gasteiger partial charge in [-0.3, -0.25) is 9.48 Å². The lowest BCUT2D eigenvalue weighted by atomic mass is 10.1. The monoisotopic (exact) mass is 429 g/mol. The van der Waals surface area contributed by atoms with Crippen LogP contribution < -0.4 is 15.8 Å². The molecule has 3 N–H and O–H groups in total. The standard InChI is InChI=1S/C21H21ClFN5O2/c1-30-20-13(12-9-26-28(11-12)18-7-3-5-15(18)23)4-2-6-16(20)27-17-8-19(22)25-10-14(17)21(24)29/h2,4,6,8-11,15,18H,3,5,7H2,1H3,(H2,24,29)(H,25,27)/t15-,18-/m0/s1. The molecular weight excluding hydrogens is 409 g/mol. The highest BCUT2D eigenvalue weighted by atomic mass is 35.5. The van der Waals surface area contributed by atoms with E-state index in [0.717, 1.165) is 24.0 Å². The highest BCUT2D eigenvalue weighted by Gasteiger charge is 2.29. The molecule has 1 saturated carbocycles. The molecule has 30 heavy (non-hydrogen) atoms. The van der Waals surface area contributed by atoms with E-state index in [1.807, 2.05) is 18.3 Å². The third-order valence-corrected chi connectivity index (χ3v) is 5.48. The summed E-state index contributed by atoms with van der Waals surface area (Å²) in [4.78, 5) is 15.7. The molecule has 1 amide bonds. The molecule has 0 spiro atoms. The zero-order valence-corrected chi connectivity index (χ0v) is 17.1. The van der Waals surface area contributed by atoms with Crippen LogP contribution in [0.2, 0.25) is 5.15 Å². The fraction of sp³-hybridized carbons (Fsp3) is 0.286. The molecular formula is C21H21ClFN5O2. The Morgan fingerprint density at radius 3 is 2.87 bits per heavy atom. The Hall–Kier alpha value is -3.13. The van der Waals surface area contributed by atoms with Crippen LogP contribution in [0, 0.1) is 0 Å². The second-order valence-electron chi connectivity index (χ2n) is 7.15. The number of para-hydroxylation sites is 1. The number of nitrogens with zero attached hydrogens (tertiary/aromatic N) is 3. The fourth-order valence-electron chi connectivity index (χ4n) is 3.81. The van der Waals surface area contributed by atoms with Crippen molar-refractivity contribution in [2.75, 3.05) is 12.4 Å². The number of methoxy groups -OCH3 is 1. The van der Waals surface area contributed by atoms with Gasteiger partial charge in [0.2, 0.25) is 0 Å². The molecule has 1 aliphatic rings. The first-order valence-electron chi connectivity index (χ1n) is 9.56. The zero-order chi connectivity index (χ0) is 21.3. The summed E-state index contributed by atoms with van der Waals surface area (Å²) in [6.45, 7) is 0. The summed E-state index contributed by atoms with van der Waals surface area (Å²) < 4.78 is 21.5. The maximum absolute atomic E-state index is 14.1. The lowest BCUT2D eigenvalue weighted by molar-refractivity contribution is 0.100. The minimum Gasteiger partial charge on any atom is -0.494 e. The molecule has 1 fully saturated rings. The smallest absolute Gasteiger partial charge is 0.252 e. The number of halogens is 2. The number of benzene rings is 1. The number of pyridine rings is 1. The van der Waals surface area contributed by atoms with Gasteiger partial charge in [0.1, 0.15) is 17.1 Å². The van der Waals surface area contributed by atoms with Gasteiger partial charge in [0.15, 0.2) is 0 Å². The van der Waals surface area contributed by atoms with Crippen LogP contribution in [0.3, 0.4) is 0 Å². The Morgan fingerprint density at radius 2 is 2.17 bits per heavy atom. The summed E-state index contributed by atoms with van der Waals surface area (Å²) >= 11 is 5.99. The van der Waals surface area contributed by atoms with E-state index in [1.54, 1.807) is 24.1 Å². The number of rotatable bonds is 6. The Balaban J connectivity index is 1.70. The molecule has 0 unspecified atom stereocenters. The molecule has 0 bridgehead atoms. The van der Waals surface area contributed by atoms with E-state index in [9.17, 15) is 9.18 Å². The topological polar surface area (TPSA) is 95.1 Å².